The molecule has 1 atom stereocenters. The van der Waals surface area contributed by atoms with Crippen molar-refractivity contribution in [3.63, 3.8) is 0 Å². The number of ether oxygens (including phenoxy) is 2. The summed E-state index contributed by atoms with van der Waals surface area (Å²) in [5.74, 6) is 2.33. The summed E-state index contributed by atoms with van der Waals surface area (Å²) in [6, 6.07) is 18.0. The molecule has 29 heavy (non-hydrogen) atoms. The van der Waals surface area contributed by atoms with Crippen LogP contribution in [-0.4, -0.2) is 48.6 Å². The number of nitrogens with zero attached hydrogens (tertiary/aromatic N) is 3. The summed E-state index contributed by atoms with van der Waals surface area (Å²) in [5.41, 5.74) is 2.31. The molecule has 0 amide bonds. The molecular weight excluding hydrogens is 366 g/mol. The second-order valence-corrected chi connectivity index (χ2v) is 6.74. The van der Waals surface area contributed by atoms with Crippen LogP contribution in [-0.2, 0) is 6.42 Å². The largest absolute Gasteiger partial charge is 0.486 e. The monoisotopic (exact) mass is 391 g/mol. The summed E-state index contributed by atoms with van der Waals surface area (Å²) >= 11 is 0. The average molecular weight is 391 g/mol. The number of aliphatic imine (C=N–C) groups is 1. The molecule has 1 unspecified atom stereocenters. The van der Waals surface area contributed by atoms with E-state index >= 15 is 0 Å². The van der Waals surface area contributed by atoms with Crippen molar-refractivity contribution >= 4 is 5.96 Å². The van der Waals surface area contributed by atoms with Crippen molar-refractivity contribution in [2.45, 2.75) is 12.5 Å². The summed E-state index contributed by atoms with van der Waals surface area (Å²) in [7, 11) is 1.77. The summed E-state index contributed by atoms with van der Waals surface area (Å²) < 4.78 is 13.6. The second kappa shape index (κ2) is 9.14. The van der Waals surface area contributed by atoms with E-state index in [1.165, 1.54) is 5.56 Å². The van der Waals surface area contributed by atoms with Gasteiger partial charge in [-0.3, -0.25) is 4.99 Å². The molecule has 4 rings (SSSR count). The number of hydrogen-bond donors (Lipinski definition) is 2. The van der Waals surface area contributed by atoms with Crippen LogP contribution in [0, 0.1) is 0 Å². The third-order valence-electron chi connectivity index (χ3n) is 4.70. The van der Waals surface area contributed by atoms with E-state index in [2.05, 4.69) is 45.0 Å². The predicted molar refractivity (Wildman–Crippen MR) is 113 cm³/mol. The van der Waals surface area contributed by atoms with Gasteiger partial charge in [0.2, 0.25) is 0 Å². The molecule has 1 aliphatic rings. The van der Waals surface area contributed by atoms with Crippen molar-refractivity contribution in [3.8, 4) is 17.2 Å². The van der Waals surface area contributed by atoms with Gasteiger partial charge in [0, 0.05) is 26.0 Å². The number of rotatable bonds is 6. The van der Waals surface area contributed by atoms with Gasteiger partial charge in [-0.2, -0.15) is 5.10 Å². The molecule has 0 fully saturated rings. The van der Waals surface area contributed by atoms with Crippen LogP contribution < -0.4 is 20.1 Å². The highest BCUT2D eigenvalue weighted by atomic mass is 16.6. The molecule has 2 heterocycles. The zero-order valence-electron chi connectivity index (χ0n) is 16.4. The molecular formula is C22H25N5O2. The molecule has 3 aromatic rings. The highest BCUT2D eigenvalue weighted by Crippen LogP contribution is 2.30. The van der Waals surface area contributed by atoms with E-state index in [9.17, 15) is 0 Å². The Bertz CT molecular complexity index is 938. The Kier molecular flexibility index (Phi) is 5.95. The lowest BCUT2D eigenvalue weighted by molar-refractivity contribution is 0.0936. The Morgan fingerprint density at radius 1 is 1.10 bits per heavy atom. The quantitative estimate of drug-likeness (QED) is 0.499. The van der Waals surface area contributed by atoms with Gasteiger partial charge < -0.3 is 20.1 Å². The Morgan fingerprint density at radius 3 is 2.69 bits per heavy atom. The number of hydrogen-bond acceptors (Lipinski definition) is 4. The van der Waals surface area contributed by atoms with E-state index in [1.54, 1.807) is 13.2 Å². The van der Waals surface area contributed by atoms with Crippen LogP contribution in [0.3, 0.4) is 0 Å². The first-order chi connectivity index (χ1) is 14.3. The Balaban J connectivity index is 1.21. The molecule has 7 heteroatoms. The maximum atomic E-state index is 5.97. The minimum absolute atomic E-state index is 0.0571. The summed E-state index contributed by atoms with van der Waals surface area (Å²) in [5, 5.41) is 10.9. The maximum Gasteiger partial charge on any atom is 0.191 e. The fourth-order valence-corrected chi connectivity index (χ4v) is 3.16. The second-order valence-electron chi connectivity index (χ2n) is 6.74. The molecule has 0 bridgehead atoms. The third kappa shape index (κ3) is 4.87. The molecule has 1 aliphatic heterocycles. The van der Waals surface area contributed by atoms with Gasteiger partial charge in [-0.1, -0.05) is 24.3 Å². The van der Waals surface area contributed by atoms with Gasteiger partial charge in [0.05, 0.1) is 12.2 Å². The maximum absolute atomic E-state index is 5.97. The van der Waals surface area contributed by atoms with Crippen LogP contribution in [0.4, 0.5) is 0 Å². The fraction of sp³-hybridized carbons (Fsp3) is 0.273. The summed E-state index contributed by atoms with van der Waals surface area (Å²) in [6.07, 6.45) is 4.56. The van der Waals surface area contributed by atoms with E-state index in [-0.39, 0.29) is 6.10 Å². The van der Waals surface area contributed by atoms with Crippen molar-refractivity contribution in [2.75, 3.05) is 26.7 Å². The molecule has 150 valence electrons. The first-order valence-electron chi connectivity index (χ1n) is 9.74. The van der Waals surface area contributed by atoms with Crippen molar-refractivity contribution in [1.29, 1.82) is 0 Å². The van der Waals surface area contributed by atoms with E-state index in [4.69, 9.17) is 9.47 Å². The van der Waals surface area contributed by atoms with Gasteiger partial charge in [0.15, 0.2) is 17.5 Å². The Morgan fingerprint density at radius 2 is 1.93 bits per heavy atom. The van der Waals surface area contributed by atoms with Gasteiger partial charge >= 0.3 is 0 Å². The average Bonchev–Trinajstić information content (AvgIpc) is 3.31. The van der Waals surface area contributed by atoms with Crippen LogP contribution in [0.5, 0.6) is 11.5 Å². The van der Waals surface area contributed by atoms with Crippen LogP contribution in [0.2, 0.25) is 0 Å². The molecule has 0 spiro atoms. The molecule has 0 saturated carbocycles. The first kappa shape index (κ1) is 18.9. The zero-order chi connectivity index (χ0) is 19.9. The van der Waals surface area contributed by atoms with Gasteiger partial charge in [0.1, 0.15) is 12.7 Å². The summed E-state index contributed by atoms with van der Waals surface area (Å²) in [4.78, 5) is 4.28. The van der Waals surface area contributed by atoms with Gasteiger partial charge in [0.25, 0.3) is 0 Å². The number of fused-ring (bicyclic) bond motifs is 1. The molecule has 0 aliphatic carbocycles. The highest BCUT2D eigenvalue weighted by molar-refractivity contribution is 5.79. The van der Waals surface area contributed by atoms with Gasteiger partial charge in [-0.25, -0.2) is 4.68 Å². The van der Waals surface area contributed by atoms with Crippen molar-refractivity contribution < 1.29 is 9.47 Å². The van der Waals surface area contributed by atoms with E-state index < -0.39 is 0 Å². The number of nitrogens with one attached hydrogen (secondary N) is 2. The van der Waals surface area contributed by atoms with Crippen molar-refractivity contribution in [2.24, 2.45) is 4.99 Å². The lowest BCUT2D eigenvalue weighted by atomic mass is 10.1. The highest BCUT2D eigenvalue weighted by Gasteiger charge is 2.20. The van der Waals surface area contributed by atoms with Gasteiger partial charge in [-0.15, -0.1) is 0 Å². The SMILES string of the molecule is CN=C(NCCc1ccc(-n2cccn2)cc1)NCC1COc2ccccc2O1. The standard InChI is InChI=1S/C22H25N5O2/c1-23-22(25-15-19-16-28-20-5-2-3-6-21(20)29-19)24-13-11-17-7-9-18(10-8-17)27-14-4-12-26-27/h2-10,12,14,19H,11,13,15-16H2,1H3,(H2,23,24,25). The Hall–Kier alpha value is -3.48. The number of para-hydroxylation sites is 2. The summed E-state index contributed by atoms with van der Waals surface area (Å²) in [6.45, 7) is 1.92. The predicted octanol–water partition coefficient (Wildman–Crippen LogP) is 2.42. The molecule has 1 aromatic heterocycles. The molecule has 7 nitrogen and oxygen atoms in total. The minimum Gasteiger partial charge on any atom is -0.486 e. The normalized spacial score (nSPS) is 15.8. The topological polar surface area (TPSA) is 72.7 Å². The lowest BCUT2D eigenvalue weighted by Crippen LogP contribution is -2.45. The number of guanidine groups is 1. The smallest absolute Gasteiger partial charge is 0.191 e. The van der Waals surface area contributed by atoms with Crippen molar-refractivity contribution in [3.05, 3.63) is 72.6 Å². The van der Waals surface area contributed by atoms with Gasteiger partial charge in [-0.05, 0) is 42.3 Å². The first-order valence-corrected chi connectivity index (χ1v) is 9.74. The Labute approximate surface area is 170 Å². The van der Waals surface area contributed by atoms with E-state index in [1.807, 2.05) is 41.2 Å². The van der Waals surface area contributed by atoms with Crippen molar-refractivity contribution in [1.82, 2.24) is 20.4 Å². The third-order valence-corrected chi connectivity index (χ3v) is 4.70. The van der Waals surface area contributed by atoms with E-state index in [0.717, 1.165) is 36.1 Å². The van der Waals surface area contributed by atoms with Crippen LogP contribution in [0.25, 0.3) is 5.69 Å². The van der Waals surface area contributed by atoms with Crippen LogP contribution in [0.1, 0.15) is 5.56 Å². The molecule has 2 aromatic carbocycles. The van der Waals surface area contributed by atoms with Crippen LogP contribution >= 0.6 is 0 Å². The lowest BCUT2D eigenvalue weighted by Gasteiger charge is -2.27. The van der Waals surface area contributed by atoms with E-state index in [0.29, 0.717) is 13.2 Å². The number of benzene rings is 2. The molecule has 0 radical (unpaired) electrons. The fourth-order valence-electron chi connectivity index (χ4n) is 3.16. The van der Waals surface area contributed by atoms with Crippen LogP contribution in [0.15, 0.2) is 72.0 Å². The zero-order valence-corrected chi connectivity index (χ0v) is 16.4. The molecule has 2 N–H and O–H groups in total. The molecule has 0 saturated heterocycles. The number of aromatic nitrogens is 2. The minimum atomic E-state index is -0.0571.